The lowest BCUT2D eigenvalue weighted by Gasteiger charge is -2.20. The van der Waals surface area contributed by atoms with E-state index < -0.39 is 17.8 Å². The van der Waals surface area contributed by atoms with Gasteiger partial charge in [0.15, 0.2) is 5.79 Å². The second-order valence-electron chi connectivity index (χ2n) is 3.63. The molecule has 2 fully saturated rings. The Bertz CT molecular complexity index is 232. The topological polar surface area (TPSA) is 67.8 Å². The van der Waals surface area contributed by atoms with Crippen LogP contribution in [0.25, 0.3) is 0 Å². The van der Waals surface area contributed by atoms with E-state index in [1.54, 1.807) is 0 Å². The van der Waals surface area contributed by atoms with Crippen molar-refractivity contribution in [2.45, 2.75) is 31.3 Å². The maximum absolute atomic E-state index is 10.6. The average molecular weight is 187 g/mol. The molecule has 2 aliphatic heterocycles. The molecule has 0 aromatic carbocycles. The van der Waals surface area contributed by atoms with Crippen molar-refractivity contribution in [3.63, 3.8) is 0 Å². The summed E-state index contributed by atoms with van der Waals surface area (Å²) in [6.45, 7) is 2.94. The molecular weight excluding hydrogens is 174 g/mol. The van der Waals surface area contributed by atoms with Crippen molar-refractivity contribution in [3.05, 3.63) is 0 Å². The number of ether oxygens (including phenoxy) is 2. The minimum atomic E-state index is -0.844. The molecule has 2 aliphatic rings. The van der Waals surface area contributed by atoms with Gasteiger partial charge in [-0.1, -0.05) is 0 Å². The van der Waals surface area contributed by atoms with Crippen LogP contribution in [0.5, 0.6) is 0 Å². The maximum Gasteiger partial charge on any atom is 0.320 e. The van der Waals surface area contributed by atoms with E-state index in [0.29, 0.717) is 19.6 Å². The van der Waals surface area contributed by atoms with Crippen LogP contribution in [-0.2, 0) is 14.3 Å². The zero-order valence-electron chi connectivity index (χ0n) is 7.45. The van der Waals surface area contributed by atoms with Crippen molar-refractivity contribution in [2.75, 3.05) is 13.2 Å². The van der Waals surface area contributed by atoms with E-state index in [4.69, 9.17) is 14.6 Å². The van der Waals surface area contributed by atoms with Crippen molar-refractivity contribution < 1.29 is 19.4 Å². The lowest BCUT2D eigenvalue weighted by Crippen LogP contribution is -2.32. The quantitative estimate of drug-likeness (QED) is 0.582. The summed E-state index contributed by atoms with van der Waals surface area (Å²) < 4.78 is 11.0. The van der Waals surface area contributed by atoms with Crippen LogP contribution in [-0.4, -0.2) is 42.2 Å². The van der Waals surface area contributed by atoms with Gasteiger partial charge in [0.2, 0.25) is 0 Å². The normalized spacial score (nSPS) is 44.4. The molecular formula is C8H13NO4. The Morgan fingerprint density at radius 1 is 1.69 bits per heavy atom. The second kappa shape index (κ2) is 2.94. The van der Waals surface area contributed by atoms with Gasteiger partial charge in [0.1, 0.15) is 6.04 Å². The van der Waals surface area contributed by atoms with Gasteiger partial charge < -0.3 is 14.6 Å². The molecule has 2 rings (SSSR count). The van der Waals surface area contributed by atoms with E-state index in [1.807, 2.05) is 6.92 Å². The van der Waals surface area contributed by atoms with Gasteiger partial charge in [0, 0.05) is 6.42 Å². The Morgan fingerprint density at radius 3 is 2.92 bits per heavy atom. The monoisotopic (exact) mass is 187 g/mol. The number of hydrogen-bond acceptors (Lipinski definition) is 4. The molecule has 0 amide bonds. The van der Waals surface area contributed by atoms with Crippen LogP contribution in [0, 0.1) is 0 Å². The van der Waals surface area contributed by atoms with Crippen LogP contribution in [0.4, 0.5) is 0 Å². The number of rotatable bonds is 1. The molecule has 2 saturated heterocycles. The molecule has 2 N–H and O–H groups in total. The molecule has 5 nitrogen and oxygen atoms in total. The van der Waals surface area contributed by atoms with E-state index in [0.717, 1.165) is 0 Å². The van der Waals surface area contributed by atoms with Gasteiger partial charge in [-0.2, -0.15) is 0 Å². The van der Waals surface area contributed by atoms with Crippen molar-refractivity contribution >= 4 is 5.97 Å². The minimum Gasteiger partial charge on any atom is -0.480 e. The fraction of sp³-hybridized carbons (Fsp3) is 0.875. The molecule has 5 heteroatoms. The van der Waals surface area contributed by atoms with Crippen LogP contribution < -0.4 is 5.32 Å². The van der Waals surface area contributed by atoms with Gasteiger partial charge in [-0.05, 0) is 6.92 Å². The molecule has 0 saturated carbocycles. The fourth-order valence-corrected chi connectivity index (χ4v) is 1.81. The van der Waals surface area contributed by atoms with Crippen LogP contribution in [0.2, 0.25) is 0 Å². The first-order valence-corrected chi connectivity index (χ1v) is 4.39. The molecule has 3 atom stereocenters. The predicted octanol–water partition coefficient (Wildman–Crippen LogP) is -0.435. The number of carboxylic acids is 1. The zero-order valence-corrected chi connectivity index (χ0v) is 7.45. The predicted molar refractivity (Wildman–Crippen MR) is 43.3 cm³/mol. The summed E-state index contributed by atoms with van der Waals surface area (Å²) >= 11 is 0. The van der Waals surface area contributed by atoms with E-state index >= 15 is 0 Å². The van der Waals surface area contributed by atoms with Crippen LogP contribution in [0.15, 0.2) is 0 Å². The third kappa shape index (κ3) is 1.54. The minimum absolute atomic E-state index is 0.0642. The van der Waals surface area contributed by atoms with Crippen molar-refractivity contribution in [3.8, 4) is 0 Å². The number of carboxylic acid groups (broad SMARTS) is 1. The molecule has 74 valence electrons. The number of nitrogens with one attached hydrogen (secondary N) is 1. The molecule has 2 heterocycles. The standard InChI is InChI=1S/C8H13NO4/c1-5-3-12-8(13-5)2-6(7(10)11)9-4-8/h5-6,9H,2-4H2,1H3,(H,10,11)/t5?,6-,8?/m0/s1. The molecule has 0 bridgehead atoms. The molecule has 0 aromatic rings. The number of hydrogen-bond donors (Lipinski definition) is 2. The van der Waals surface area contributed by atoms with Gasteiger partial charge in [-0.25, -0.2) is 0 Å². The van der Waals surface area contributed by atoms with Gasteiger partial charge in [0.05, 0.1) is 19.3 Å². The summed E-state index contributed by atoms with van der Waals surface area (Å²) in [5.41, 5.74) is 0. The fourth-order valence-electron chi connectivity index (χ4n) is 1.81. The summed E-state index contributed by atoms with van der Waals surface area (Å²) in [4.78, 5) is 10.6. The highest BCUT2D eigenvalue weighted by Gasteiger charge is 2.48. The number of carbonyl (C=O) groups is 1. The molecule has 13 heavy (non-hydrogen) atoms. The van der Waals surface area contributed by atoms with Crippen molar-refractivity contribution in [1.29, 1.82) is 0 Å². The van der Waals surface area contributed by atoms with E-state index in [1.165, 1.54) is 0 Å². The Balaban J connectivity index is 2.01. The average Bonchev–Trinajstić information content (AvgIpc) is 2.61. The maximum atomic E-state index is 10.6. The molecule has 2 unspecified atom stereocenters. The third-order valence-corrected chi connectivity index (χ3v) is 2.43. The molecule has 0 radical (unpaired) electrons. The first-order valence-electron chi connectivity index (χ1n) is 4.39. The smallest absolute Gasteiger partial charge is 0.320 e. The highest BCUT2D eigenvalue weighted by molar-refractivity contribution is 5.74. The van der Waals surface area contributed by atoms with Crippen molar-refractivity contribution in [2.24, 2.45) is 0 Å². The van der Waals surface area contributed by atoms with Gasteiger partial charge in [0.25, 0.3) is 0 Å². The Kier molecular flexibility index (Phi) is 2.02. The summed E-state index contributed by atoms with van der Waals surface area (Å²) in [6.07, 6.45) is 0.460. The van der Waals surface area contributed by atoms with Crippen molar-refractivity contribution in [1.82, 2.24) is 5.32 Å². The highest BCUT2D eigenvalue weighted by Crippen LogP contribution is 2.31. The molecule has 0 aliphatic carbocycles. The largest absolute Gasteiger partial charge is 0.480 e. The lowest BCUT2D eigenvalue weighted by molar-refractivity contribution is -0.156. The zero-order chi connectivity index (χ0) is 9.47. The Labute approximate surface area is 76.0 Å². The summed E-state index contributed by atoms with van der Waals surface area (Å²) in [5.74, 6) is -1.52. The third-order valence-electron chi connectivity index (χ3n) is 2.43. The van der Waals surface area contributed by atoms with E-state index in [9.17, 15) is 4.79 Å². The molecule has 0 aromatic heterocycles. The highest BCUT2D eigenvalue weighted by atomic mass is 16.7. The second-order valence-corrected chi connectivity index (χ2v) is 3.63. The molecule has 1 spiro atoms. The Hall–Kier alpha value is -0.650. The van der Waals surface area contributed by atoms with Crippen LogP contribution in [0.3, 0.4) is 0 Å². The van der Waals surface area contributed by atoms with Gasteiger partial charge in [-0.15, -0.1) is 0 Å². The van der Waals surface area contributed by atoms with E-state index in [-0.39, 0.29) is 6.10 Å². The first kappa shape index (κ1) is 8.93. The summed E-state index contributed by atoms with van der Waals surface area (Å²) in [5, 5.41) is 11.6. The SMILES string of the molecule is CC1COC2(CN[C@H](C(=O)O)C2)O1. The summed E-state index contributed by atoms with van der Waals surface area (Å²) in [7, 11) is 0. The lowest BCUT2D eigenvalue weighted by atomic mass is 10.1. The van der Waals surface area contributed by atoms with Crippen LogP contribution in [0.1, 0.15) is 13.3 Å². The van der Waals surface area contributed by atoms with E-state index in [2.05, 4.69) is 5.32 Å². The first-order chi connectivity index (χ1) is 6.11. The van der Waals surface area contributed by atoms with Gasteiger partial charge in [-0.3, -0.25) is 10.1 Å². The summed E-state index contributed by atoms with van der Waals surface area (Å²) in [6, 6.07) is -0.537. The Morgan fingerprint density at radius 2 is 2.46 bits per heavy atom. The number of aliphatic carboxylic acids is 1. The van der Waals surface area contributed by atoms with Gasteiger partial charge >= 0.3 is 5.97 Å². The van der Waals surface area contributed by atoms with Crippen LogP contribution >= 0.6 is 0 Å².